The molecule has 3 aromatic rings. The Hall–Kier alpha value is -2.79. The fraction of sp³-hybridized carbons (Fsp3) is 0.286. The number of rotatable bonds is 3. The second-order valence-electron chi connectivity index (χ2n) is 6.73. The molecule has 0 saturated carbocycles. The third kappa shape index (κ3) is 2.74. The van der Waals surface area contributed by atoms with Crippen molar-refractivity contribution in [2.45, 2.75) is 13.0 Å². The molecule has 5 heteroatoms. The lowest BCUT2D eigenvalue weighted by molar-refractivity contribution is 0.308. The third-order valence-electron chi connectivity index (χ3n) is 5.11. The molecule has 0 saturated heterocycles. The number of pyridine rings is 1. The molecule has 1 N–H and O–H groups in total. The van der Waals surface area contributed by atoms with Crippen LogP contribution >= 0.6 is 0 Å². The maximum atomic E-state index is 12.6. The van der Waals surface area contributed by atoms with Gasteiger partial charge in [-0.15, -0.1) is 0 Å². The smallest absolute Gasteiger partial charge is 0.256 e. The maximum absolute atomic E-state index is 12.6. The van der Waals surface area contributed by atoms with E-state index in [-0.39, 0.29) is 5.56 Å². The summed E-state index contributed by atoms with van der Waals surface area (Å²) in [6.07, 6.45) is 0.953. The molecule has 0 fully saturated rings. The SMILES string of the molecule is COc1ccc(-c2ccc3c4c([nH]c(=O)c3c2)CN(C)CC4)cc1OC. The predicted octanol–water partition coefficient (Wildman–Crippen LogP) is 3.20. The Morgan fingerprint density at radius 1 is 0.962 bits per heavy atom. The summed E-state index contributed by atoms with van der Waals surface area (Å²) >= 11 is 0. The van der Waals surface area contributed by atoms with E-state index < -0.39 is 0 Å². The van der Waals surface area contributed by atoms with Gasteiger partial charge >= 0.3 is 0 Å². The quantitative estimate of drug-likeness (QED) is 0.788. The van der Waals surface area contributed by atoms with Crippen LogP contribution in [0.5, 0.6) is 11.5 Å². The molecular weight excluding hydrogens is 328 g/mol. The lowest BCUT2D eigenvalue weighted by Gasteiger charge is -2.25. The molecule has 2 aromatic carbocycles. The van der Waals surface area contributed by atoms with E-state index in [1.165, 1.54) is 5.56 Å². The molecule has 26 heavy (non-hydrogen) atoms. The molecule has 1 aromatic heterocycles. The van der Waals surface area contributed by atoms with Crippen LogP contribution in [0.25, 0.3) is 21.9 Å². The van der Waals surface area contributed by atoms with Gasteiger partial charge in [0.25, 0.3) is 5.56 Å². The van der Waals surface area contributed by atoms with Gasteiger partial charge in [0.2, 0.25) is 0 Å². The number of hydrogen-bond acceptors (Lipinski definition) is 4. The number of likely N-dealkylation sites (N-methyl/N-ethyl adjacent to an activating group) is 1. The second-order valence-corrected chi connectivity index (χ2v) is 6.73. The van der Waals surface area contributed by atoms with Crippen molar-refractivity contribution < 1.29 is 9.47 Å². The van der Waals surface area contributed by atoms with E-state index in [2.05, 4.69) is 29.1 Å². The number of nitrogens with zero attached hydrogens (tertiary/aromatic N) is 1. The first kappa shape index (κ1) is 16.7. The molecular formula is C21H22N2O3. The van der Waals surface area contributed by atoms with Crippen LogP contribution in [-0.2, 0) is 13.0 Å². The van der Waals surface area contributed by atoms with Crippen LogP contribution in [-0.4, -0.2) is 37.7 Å². The Bertz CT molecular complexity index is 1040. The Morgan fingerprint density at radius 2 is 1.69 bits per heavy atom. The number of aromatic amines is 1. The van der Waals surface area contributed by atoms with Crippen LogP contribution in [0, 0.1) is 0 Å². The number of H-pyrrole nitrogens is 1. The zero-order valence-electron chi connectivity index (χ0n) is 15.3. The first-order valence-corrected chi connectivity index (χ1v) is 8.69. The van der Waals surface area contributed by atoms with Crippen LogP contribution < -0.4 is 15.0 Å². The van der Waals surface area contributed by atoms with Crippen LogP contribution in [0.15, 0.2) is 41.2 Å². The highest BCUT2D eigenvalue weighted by atomic mass is 16.5. The molecule has 0 atom stereocenters. The van der Waals surface area contributed by atoms with Gasteiger partial charge < -0.3 is 19.4 Å². The molecule has 134 valence electrons. The van der Waals surface area contributed by atoms with E-state index in [9.17, 15) is 4.79 Å². The van der Waals surface area contributed by atoms with Crippen LogP contribution in [0.4, 0.5) is 0 Å². The summed E-state index contributed by atoms with van der Waals surface area (Å²) in [5.74, 6) is 1.36. The molecule has 4 rings (SSSR count). The van der Waals surface area contributed by atoms with Gasteiger partial charge in [0.05, 0.1) is 14.2 Å². The maximum Gasteiger partial charge on any atom is 0.256 e. The fourth-order valence-corrected chi connectivity index (χ4v) is 3.71. The molecule has 0 amide bonds. The van der Waals surface area contributed by atoms with Crippen molar-refractivity contribution in [2.24, 2.45) is 0 Å². The van der Waals surface area contributed by atoms with E-state index in [4.69, 9.17) is 9.47 Å². The van der Waals surface area contributed by atoms with Crippen LogP contribution in [0.1, 0.15) is 11.3 Å². The second kappa shape index (κ2) is 6.50. The molecule has 1 aliphatic rings. The third-order valence-corrected chi connectivity index (χ3v) is 5.11. The number of ether oxygens (including phenoxy) is 2. The van der Waals surface area contributed by atoms with Gasteiger partial charge in [0, 0.05) is 24.2 Å². The van der Waals surface area contributed by atoms with Crippen LogP contribution in [0.2, 0.25) is 0 Å². The number of nitrogens with one attached hydrogen (secondary N) is 1. The first-order valence-electron chi connectivity index (χ1n) is 8.69. The number of aromatic nitrogens is 1. The molecule has 0 aliphatic carbocycles. The number of fused-ring (bicyclic) bond motifs is 3. The molecule has 2 heterocycles. The monoisotopic (exact) mass is 350 g/mol. The Balaban J connectivity index is 1.85. The number of methoxy groups -OCH3 is 2. The lowest BCUT2D eigenvalue weighted by atomic mass is 9.95. The molecule has 0 bridgehead atoms. The zero-order valence-corrected chi connectivity index (χ0v) is 15.3. The Morgan fingerprint density at radius 3 is 2.46 bits per heavy atom. The van der Waals surface area contributed by atoms with Gasteiger partial charge in [-0.25, -0.2) is 0 Å². The predicted molar refractivity (Wildman–Crippen MR) is 103 cm³/mol. The minimum atomic E-state index is -0.0311. The number of benzene rings is 2. The highest BCUT2D eigenvalue weighted by Crippen LogP contribution is 2.34. The van der Waals surface area contributed by atoms with Crippen molar-refractivity contribution in [3.63, 3.8) is 0 Å². The summed E-state index contributed by atoms with van der Waals surface area (Å²) in [7, 11) is 5.31. The zero-order chi connectivity index (χ0) is 18.3. The van der Waals surface area contributed by atoms with Gasteiger partial charge in [-0.2, -0.15) is 0 Å². The lowest BCUT2D eigenvalue weighted by Crippen LogP contribution is -2.29. The van der Waals surface area contributed by atoms with E-state index >= 15 is 0 Å². The van der Waals surface area contributed by atoms with Crippen molar-refractivity contribution in [3.8, 4) is 22.6 Å². The summed E-state index contributed by atoms with van der Waals surface area (Å²) in [4.78, 5) is 17.9. The normalized spacial score (nSPS) is 14.3. The Kier molecular flexibility index (Phi) is 4.17. The molecule has 0 spiro atoms. The molecule has 5 nitrogen and oxygen atoms in total. The topological polar surface area (TPSA) is 54.6 Å². The molecule has 0 radical (unpaired) electrons. The summed E-state index contributed by atoms with van der Waals surface area (Å²) < 4.78 is 10.7. The summed E-state index contributed by atoms with van der Waals surface area (Å²) in [5, 5.41) is 1.79. The average Bonchev–Trinajstić information content (AvgIpc) is 2.67. The van der Waals surface area contributed by atoms with E-state index in [1.54, 1.807) is 14.2 Å². The van der Waals surface area contributed by atoms with Gasteiger partial charge in [0.1, 0.15) is 0 Å². The van der Waals surface area contributed by atoms with Gasteiger partial charge in [-0.3, -0.25) is 4.79 Å². The summed E-state index contributed by atoms with van der Waals surface area (Å²) in [6, 6.07) is 11.9. The van der Waals surface area contributed by atoms with E-state index in [1.807, 2.05) is 24.3 Å². The van der Waals surface area contributed by atoms with Crippen LogP contribution in [0.3, 0.4) is 0 Å². The van der Waals surface area contributed by atoms with Gasteiger partial charge in [-0.05, 0) is 53.7 Å². The van der Waals surface area contributed by atoms with Crippen molar-refractivity contribution in [2.75, 3.05) is 27.8 Å². The van der Waals surface area contributed by atoms with Gasteiger partial charge in [-0.1, -0.05) is 18.2 Å². The summed E-state index contributed by atoms with van der Waals surface area (Å²) in [5.41, 5.74) is 4.24. The van der Waals surface area contributed by atoms with E-state index in [0.717, 1.165) is 47.1 Å². The highest BCUT2D eigenvalue weighted by molar-refractivity contribution is 5.90. The van der Waals surface area contributed by atoms with E-state index in [0.29, 0.717) is 11.5 Å². The average molecular weight is 350 g/mol. The fourth-order valence-electron chi connectivity index (χ4n) is 3.71. The van der Waals surface area contributed by atoms with Crippen molar-refractivity contribution in [3.05, 3.63) is 58.0 Å². The molecule has 0 unspecified atom stereocenters. The van der Waals surface area contributed by atoms with Crippen molar-refractivity contribution in [1.82, 2.24) is 9.88 Å². The first-order chi connectivity index (χ1) is 12.6. The number of hydrogen-bond donors (Lipinski definition) is 1. The van der Waals surface area contributed by atoms with Crippen molar-refractivity contribution >= 4 is 10.8 Å². The Labute approximate surface area is 152 Å². The molecule has 1 aliphatic heterocycles. The standard InChI is InChI=1S/C21H22N2O3/c1-23-9-8-16-15-6-4-13(10-17(15)21(24)22-18(16)12-23)14-5-7-19(25-2)20(11-14)26-3/h4-7,10-11H,8-9,12H2,1-3H3,(H,22,24). The summed E-state index contributed by atoms with van der Waals surface area (Å²) in [6.45, 7) is 1.80. The highest BCUT2D eigenvalue weighted by Gasteiger charge is 2.18. The van der Waals surface area contributed by atoms with Gasteiger partial charge in [0.15, 0.2) is 11.5 Å². The minimum Gasteiger partial charge on any atom is -0.493 e. The van der Waals surface area contributed by atoms with Crippen molar-refractivity contribution in [1.29, 1.82) is 0 Å². The largest absolute Gasteiger partial charge is 0.493 e. The minimum absolute atomic E-state index is 0.0311.